The number of aliphatic hydroxyl groups excluding tert-OH is 1. The predicted molar refractivity (Wildman–Crippen MR) is 108 cm³/mol. The fraction of sp³-hybridized carbons (Fsp3) is 0.304. The number of benzene rings is 2. The smallest absolute Gasteiger partial charge is 0.162 e. The van der Waals surface area contributed by atoms with Gasteiger partial charge >= 0.3 is 0 Å². The minimum atomic E-state index is -0.590. The highest BCUT2D eigenvalue weighted by molar-refractivity contribution is 5.95. The van der Waals surface area contributed by atoms with E-state index in [2.05, 4.69) is 17.1 Å². The SMILES string of the molecule is CCC(=O)c1ccc(OCC(O)CC2CN=CC=C2c2ccccc2)cc1. The molecule has 1 aliphatic rings. The Morgan fingerprint density at radius 2 is 1.93 bits per heavy atom. The molecule has 0 radical (unpaired) electrons. The van der Waals surface area contributed by atoms with E-state index < -0.39 is 6.10 Å². The van der Waals surface area contributed by atoms with Crippen molar-refractivity contribution in [3.63, 3.8) is 0 Å². The molecule has 0 saturated carbocycles. The molecule has 0 fully saturated rings. The van der Waals surface area contributed by atoms with Gasteiger partial charge in [-0.25, -0.2) is 0 Å². The average Bonchev–Trinajstić information content (AvgIpc) is 2.73. The minimum Gasteiger partial charge on any atom is -0.491 e. The second-order valence-electron chi connectivity index (χ2n) is 6.70. The van der Waals surface area contributed by atoms with Crippen molar-refractivity contribution < 1.29 is 14.6 Å². The summed E-state index contributed by atoms with van der Waals surface area (Å²) in [5.41, 5.74) is 3.05. The molecule has 0 bridgehead atoms. The maximum absolute atomic E-state index is 11.7. The van der Waals surface area contributed by atoms with Crippen LogP contribution in [0, 0.1) is 5.92 Å². The van der Waals surface area contributed by atoms with Gasteiger partial charge in [-0.2, -0.15) is 0 Å². The zero-order chi connectivity index (χ0) is 19.1. The van der Waals surface area contributed by atoms with Crippen molar-refractivity contribution >= 4 is 17.6 Å². The Morgan fingerprint density at radius 3 is 2.63 bits per heavy atom. The highest BCUT2D eigenvalue weighted by Crippen LogP contribution is 2.29. The molecule has 4 nitrogen and oxygen atoms in total. The van der Waals surface area contributed by atoms with Gasteiger partial charge in [0.25, 0.3) is 0 Å². The summed E-state index contributed by atoms with van der Waals surface area (Å²) in [5, 5.41) is 10.5. The molecular formula is C23H25NO3. The lowest BCUT2D eigenvalue weighted by Gasteiger charge is -2.24. The van der Waals surface area contributed by atoms with Crippen LogP contribution in [0.4, 0.5) is 0 Å². The summed E-state index contributed by atoms with van der Waals surface area (Å²) in [7, 11) is 0. The molecule has 2 unspecified atom stereocenters. The van der Waals surface area contributed by atoms with Crippen LogP contribution >= 0.6 is 0 Å². The van der Waals surface area contributed by atoms with Crippen molar-refractivity contribution in [1.82, 2.24) is 0 Å². The van der Waals surface area contributed by atoms with E-state index in [-0.39, 0.29) is 18.3 Å². The molecule has 3 rings (SSSR count). The van der Waals surface area contributed by atoms with Crippen LogP contribution in [0.1, 0.15) is 35.7 Å². The first-order valence-corrected chi connectivity index (χ1v) is 9.37. The molecule has 1 aliphatic heterocycles. The average molecular weight is 363 g/mol. The van der Waals surface area contributed by atoms with Crippen molar-refractivity contribution in [3.05, 3.63) is 71.8 Å². The van der Waals surface area contributed by atoms with Gasteiger partial charge in [-0.05, 0) is 47.9 Å². The lowest BCUT2D eigenvalue weighted by atomic mass is 9.87. The number of carbonyl (C=O) groups is 1. The molecule has 0 aliphatic carbocycles. The van der Waals surface area contributed by atoms with Gasteiger partial charge < -0.3 is 9.84 Å². The van der Waals surface area contributed by atoms with E-state index in [0.717, 1.165) is 5.56 Å². The van der Waals surface area contributed by atoms with Crippen molar-refractivity contribution in [2.45, 2.75) is 25.9 Å². The third kappa shape index (κ3) is 5.14. The molecule has 2 aromatic carbocycles. The number of aliphatic hydroxyl groups is 1. The third-order valence-electron chi connectivity index (χ3n) is 4.73. The Morgan fingerprint density at radius 1 is 1.19 bits per heavy atom. The van der Waals surface area contributed by atoms with Crippen LogP contribution in [0.5, 0.6) is 5.75 Å². The predicted octanol–water partition coefficient (Wildman–Crippen LogP) is 4.19. The first-order chi connectivity index (χ1) is 13.2. The van der Waals surface area contributed by atoms with E-state index in [4.69, 9.17) is 4.74 Å². The van der Waals surface area contributed by atoms with Crippen LogP contribution in [0.3, 0.4) is 0 Å². The normalized spacial score (nSPS) is 17.3. The molecule has 2 aromatic rings. The van der Waals surface area contributed by atoms with E-state index in [0.29, 0.717) is 30.7 Å². The molecular weight excluding hydrogens is 338 g/mol. The fourth-order valence-electron chi connectivity index (χ4n) is 3.25. The number of rotatable bonds is 8. The molecule has 0 spiro atoms. The van der Waals surface area contributed by atoms with Gasteiger partial charge in [-0.1, -0.05) is 37.3 Å². The van der Waals surface area contributed by atoms with Gasteiger partial charge in [-0.3, -0.25) is 9.79 Å². The Hall–Kier alpha value is -2.72. The first-order valence-electron chi connectivity index (χ1n) is 9.37. The van der Waals surface area contributed by atoms with Crippen LogP contribution < -0.4 is 4.74 Å². The lowest BCUT2D eigenvalue weighted by Crippen LogP contribution is -2.24. The maximum Gasteiger partial charge on any atom is 0.162 e. The maximum atomic E-state index is 11.7. The number of dihydropyridines is 1. The summed E-state index contributed by atoms with van der Waals surface area (Å²) in [6.45, 7) is 2.73. The zero-order valence-electron chi connectivity index (χ0n) is 15.5. The Labute approximate surface area is 160 Å². The number of Topliss-reactive ketones (excluding diaryl/α,β-unsaturated/α-hetero) is 1. The molecule has 4 heteroatoms. The number of carbonyl (C=O) groups excluding carboxylic acids is 1. The van der Waals surface area contributed by atoms with E-state index >= 15 is 0 Å². The van der Waals surface area contributed by atoms with Crippen LogP contribution in [0.2, 0.25) is 0 Å². The lowest BCUT2D eigenvalue weighted by molar-refractivity contribution is 0.0919. The molecule has 2 atom stereocenters. The first kappa shape index (κ1) is 19.1. The third-order valence-corrected chi connectivity index (χ3v) is 4.73. The van der Waals surface area contributed by atoms with Crippen molar-refractivity contribution in [2.75, 3.05) is 13.2 Å². The number of aliphatic imine (C=N–C) groups is 1. The van der Waals surface area contributed by atoms with E-state index in [1.165, 1.54) is 5.57 Å². The van der Waals surface area contributed by atoms with Gasteiger partial charge in [0.1, 0.15) is 12.4 Å². The monoisotopic (exact) mass is 363 g/mol. The summed E-state index contributed by atoms with van der Waals surface area (Å²) >= 11 is 0. The second-order valence-corrected chi connectivity index (χ2v) is 6.70. The van der Waals surface area contributed by atoms with Crippen LogP contribution in [-0.2, 0) is 0 Å². The highest BCUT2D eigenvalue weighted by Gasteiger charge is 2.21. The van der Waals surface area contributed by atoms with Gasteiger partial charge in [0.2, 0.25) is 0 Å². The highest BCUT2D eigenvalue weighted by atomic mass is 16.5. The standard InChI is InChI=1S/C23H25NO3/c1-2-23(26)18-8-10-21(11-9-18)27-16-20(25)14-19-15-24-13-12-22(19)17-6-4-3-5-7-17/h3-13,19-20,25H,2,14-16H2,1H3. The number of hydrogen-bond donors (Lipinski definition) is 1. The van der Waals surface area contributed by atoms with E-state index in [9.17, 15) is 9.90 Å². The number of nitrogens with zero attached hydrogens (tertiary/aromatic N) is 1. The van der Waals surface area contributed by atoms with Crippen LogP contribution in [-0.4, -0.2) is 36.4 Å². The quantitative estimate of drug-likeness (QED) is 0.715. The number of allylic oxidation sites excluding steroid dienone is 1. The number of ether oxygens (including phenoxy) is 1. The zero-order valence-corrected chi connectivity index (χ0v) is 15.5. The van der Waals surface area contributed by atoms with E-state index in [1.807, 2.05) is 37.4 Å². The largest absolute Gasteiger partial charge is 0.491 e. The molecule has 1 heterocycles. The molecule has 0 saturated heterocycles. The summed E-state index contributed by atoms with van der Waals surface area (Å²) < 4.78 is 5.70. The van der Waals surface area contributed by atoms with Crippen molar-refractivity contribution in [3.8, 4) is 5.75 Å². The number of ketones is 1. The van der Waals surface area contributed by atoms with E-state index in [1.54, 1.807) is 24.3 Å². The Bertz CT molecular complexity index is 809. The molecule has 1 N–H and O–H groups in total. The molecule has 0 aromatic heterocycles. The van der Waals surface area contributed by atoms with Gasteiger partial charge in [0.05, 0.1) is 6.10 Å². The van der Waals surface area contributed by atoms with Gasteiger partial charge in [-0.15, -0.1) is 0 Å². The van der Waals surface area contributed by atoms with Crippen molar-refractivity contribution in [1.29, 1.82) is 0 Å². The van der Waals surface area contributed by atoms with Crippen molar-refractivity contribution in [2.24, 2.45) is 10.9 Å². The summed E-state index contributed by atoms with van der Waals surface area (Å²) in [6, 6.07) is 17.3. The fourth-order valence-corrected chi connectivity index (χ4v) is 3.25. The molecule has 27 heavy (non-hydrogen) atoms. The van der Waals surface area contributed by atoms with Gasteiger partial charge in [0.15, 0.2) is 5.78 Å². The molecule has 140 valence electrons. The van der Waals surface area contributed by atoms with Gasteiger partial charge in [0, 0.05) is 30.7 Å². The number of hydrogen-bond acceptors (Lipinski definition) is 4. The summed E-state index contributed by atoms with van der Waals surface area (Å²) in [6.07, 6.45) is 4.35. The Balaban J connectivity index is 1.56. The second kappa shape index (κ2) is 9.28. The molecule has 0 amide bonds. The summed E-state index contributed by atoms with van der Waals surface area (Å²) in [4.78, 5) is 16.0. The Kier molecular flexibility index (Phi) is 6.55. The minimum absolute atomic E-state index is 0.111. The topological polar surface area (TPSA) is 58.9 Å². The van der Waals surface area contributed by atoms with Crippen LogP contribution in [0.15, 0.2) is 65.7 Å². The van der Waals surface area contributed by atoms with Crippen LogP contribution in [0.25, 0.3) is 5.57 Å². The summed E-state index contributed by atoms with van der Waals surface area (Å²) in [5.74, 6) is 0.933.